The van der Waals surface area contributed by atoms with Gasteiger partial charge in [-0.3, -0.25) is 14.5 Å². The van der Waals surface area contributed by atoms with Crippen molar-refractivity contribution in [2.45, 2.75) is 0 Å². The molecule has 0 spiro atoms. The van der Waals surface area contributed by atoms with Crippen molar-refractivity contribution < 1.29 is 0 Å². The monoisotopic (exact) mass is 748 g/mol. The first-order valence-electron chi connectivity index (χ1n) is 18.7. The Kier molecular flexibility index (Phi) is 6.93. The minimum Gasteiger partial charge on any atom is -0.308 e. The van der Waals surface area contributed by atoms with Crippen LogP contribution in [-0.2, 0) is 0 Å². The largest absolute Gasteiger partial charge is 0.308 e. The van der Waals surface area contributed by atoms with E-state index in [2.05, 4.69) is 134 Å². The summed E-state index contributed by atoms with van der Waals surface area (Å²) >= 11 is 1.83. The van der Waals surface area contributed by atoms with Crippen LogP contribution < -0.4 is 0 Å². The lowest BCUT2D eigenvalue weighted by molar-refractivity contribution is 0.951. The lowest BCUT2D eigenvalue weighted by Gasteiger charge is -2.11. The van der Waals surface area contributed by atoms with Crippen molar-refractivity contribution in [3.8, 4) is 45.7 Å². The van der Waals surface area contributed by atoms with E-state index < -0.39 is 0 Å². The quantitative estimate of drug-likeness (QED) is 0.174. The molecule has 0 aliphatic rings. The predicted octanol–water partition coefficient (Wildman–Crippen LogP) is 11.6. The van der Waals surface area contributed by atoms with Crippen molar-refractivity contribution in [3.63, 3.8) is 0 Å². The van der Waals surface area contributed by atoms with Crippen LogP contribution in [0, 0.1) is 0 Å². The highest BCUT2D eigenvalue weighted by molar-refractivity contribution is 7.25. The molecule has 0 aliphatic heterocycles. The smallest absolute Gasteiger partial charge is 0.238 e. The van der Waals surface area contributed by atoms with Crippen LogP contribution in [0.2, 0.25) is 0 Å². The number of fused-ring (bicyclic) bond motifs is 9. The number of hydrogen-bond donors (Lipinski definition) is 0. The van der Waals surface area contributed by atoms with Crippen LogP contribution in [0.3, 0.4) is 0 Å². The first-order chi connectivity index (χ1) is 28.2. The molecular weight excluding hydrogens is 721 g/mol. The molecule has 0 radical (unpaired) electrons. The minimum absolute atomic E-state index is 0.517. The number of aromatic nitrogens is 8. The highest BCUT2D eigenvalue weighted by atomic mass is 32.1. The van der Waals surface area contributed by atoms with E-state index in [4.69, 9.17) is 19.9 Å². The molecule has 12 aromatic rings. The molecule has 266 valence electrons. The molecule has 0 atom stereocenters. The predicted molar refractivity (Wildman–Crippen MR) is 231 cm³/mol. The second-order valence-electron chi connectivity index (χ2n) is 14.0. The lowest BCUT2D eigenvalue weighted by Crippen LogP contribution is -2.06. The molecule has 57 heavy (non-hydrogen) atoms. The Balaban J connectivity index is 1.12. The summed E-state index contributed by atoms with van der Waals surface area (Å²) in [4.78, 5) is 29.1. The van der Waals surface area contributed by atoms with Crippen LogP contribution in [0.25, 0.3) is 110 Å². The molecule has 0 bridgehead atoms. The zero-order valence-corrected chi connectivity index (χ0v) is 31.0. The van der Waals surface area contributed by atoms with Crippen molar-refractivity contribution in [1.29, 1.82) is 0 Å². The molecule has 0 aliphatic carbocycles. The van der Waals surface area contributed by atoms with E-state index in [0.29, 0.717) is 17.6 Å². The molecule has 7 heterocycles. The maximum Gasteiger partial charge on any atom is 0.238 e. The zero-order valence-electron chi connectivity index (χ0n) is 30.2. The third-order valence-electron chi connectivity index (χ3n) is 10.8. The summed E-state index contributed by atoms with van der Waals surface area (Å²) in [5.41, 5.74) is 9.81. The molecule has 0 unspecified atom stereocenters. The van der Waals surface area contributed by atoms with E-state index in [1.54, 1.807) is 24.8 Å². The highest BCUT2D eigenvalue weighted by Crippen LogP contribution is 2.42. The molecule has 0 N–H and O–H groups in total. The Bertz CT molecular complexity index is 3460. The van der Waals surface area contributed by atoms with E-state index in [1.807, 2.05) is 41.7 Å². The number of benzene rings is 5. The first-order valence-corrected chi connectivity index (χ1v) is 19.5. The van der Waals surface area contributed by atoms with Crippen LogP contribution in [0.1, 0.15) is 0 Å². The fourth-order valence-electron chi connectivity index (χ4n) is 8.17. The summed E-state index contributed by atoms with van der Waals surface area (Å²) in [5.74, 6) is 1.59. The molecule has 9 heteroatoms. The molecule has 0 fully saturated rings. The average Bonchev–Trinajstić information content (AvgIpc) is 3.93. The van der Waals surface area contributed by atoms with E-state index in [-0.39, 0.29) is 0 Å². The fourth-order valence-corrected chi connectivity index (χ4v) is 9.29. The second kappa shape index (κ2) is 12.5. The number of thiophene rings is 1. The Morgan fingerprint density at radius 1 is 0.404 bits per heavy atom. The summed E-state index contributed by atoms with van der Waals surface area (Å²) in [5, 5.41) is 5.82. The van der Waals surface area contributed by atoms with Gasteiger partial charge >= 0.3 is 0 Å². The van der Waals surface area contributed by atoms with Gasteiger partial charge in [-0.2, -0.15) is 9.97 Å². The van der Waals surface area contributed by atoms with Crippen LogP contribution in [-0.4, -0.2) is 39.0 Å². The maximum absolute atomic E-state index is 5.36. The van der Waals surface area contributed by atoms with Gasteiger partial charge in [0.2, 0.25) is 5.95 Å². The summed E-state index contributed by atoms with van der Waals surface area (Å²) in [6, 6.07) is 50.9. The topological polar surface area (TPSA) is 87.2 Å². The maximum atomic E-state index is 5.36. The normalized spacial score (nSPS) is 11.9. The molecule has 7 aromatic heterocycles. The average molecular weight is 749 g/mol. The molecule has 0 saturated heterocycles. The number of nitrogens with zero attached hydrogens (tertiary/aromatic N) is 8. The highest BCUT2D eigenvalue weighted by Gasteiger charge is 2.21. The van der Waals surface area contributed by atoms with Gasteiger partial charge in [-0.05, 0) is 78.9 Å². The molecular formula is C48H28N8S. The van der Waals surface area contributed by atoms with Crippen LogP contribution in [0.4, 0.5) is 0 Å². The number of rotatable bonds is 5. The van der Waals surface area contributed by atoms with E-state index in [9.17, 15) is 0 Å². The number of hydrogen-bond acceptors (Lipinski definition) is 7. The van der Waals surface area contributed by atoms with Crippen molar-refractivity contribution in [2.75, 3.05) is 0 Å². The molecule has 0 amide bonds. The van der Waals surface area contributed by atoms with Gasteiger partial charge in [0, 0.05) is 83.5 Å². The van der Waals surface area contributed by atoms with Gasteiger partial charge in [-0.25, -0.2) is 9.97 Å². The molecule has 5 aromatic carbocycles. The van der Waals surface area contributed by atoms with Crippen molar-refractivity contribution >= 4 is 75.3 Å². The Morgan fingerprint density at radius 2 is 1.09 bits per heavy atom. The SMILES string of the molecule is c1ccc(-c2ccc3c(n2)c2cc4c(cc2n3-c2ccc3c(c2)c2ccccc2n3-c2nc(-c3cccnc3)nc(-c3cccnc3)n2)sc2ccccc24)cc1. The molecule has 8 nitrogen and oxygen atoms in total. The summed E-state index contributed by atoms with van der Waals surface area (Å²) in [6.07, 6.45) is 7.05. The van der Waals surface area contributed by atoms with E-state index in [0.717, 1.165) is 71.8 Å². The van der Waals surface area contributed by atoms with Gasteiger partial charge in [0.05, 0.1) is 33.3 Å². The van der Waals surface area contributed by atoms with Gasteiger partial charge < -0.3 is 4.57 Å². The van der Waals surface area contributed by atoms with Crippen LogP contribution >= 0.6 is 11.3 Å². The Morgan fingerprint density at radius 3 is 1.86 bits per heavy atom. The lowest BCUT2D eigenvalue weighted by atomic mass is 10.1. The third-order valence-corrected chi connectivity index (χ3v) is 11.9. The zero-order chi connectivity index (χ0) is 37.5. The second-order valence-corrected chi connectivity index (χ2v) is 15.1. The Labute approximate surface area is 329 Å². The standard InChI is InChI=1S/C48H28N8S/c1-2-10-29(11-3-1)38-19-21-41-45(51-38)37-25-36-34-15-5-7-17-43(34)57-44(36)26-42(37)55(41)32-18-20-40-35(24-32)33-14-4-6-16-39(33)56(40)48-53-46(30-12-8-22-49-27-30)52-47(54-48)31-13-9-23-50-28-31/h1-28H. The summed E-state index contributed by atoms with van der Waals surface area (Å²) < 4.78 is 7.03. The van der Waals surface area contributed by atoms with Crippen molar-refractivity contribution in [2.24, 2.45) is 0 Å². The Hall–Kier alpha value is -7.62. The van der Waals surface area contributed by atoms with Crippen molar-refractivity contribution in [1.82, 2.24) is 39.0 Å². The van der Waals surface area contributed by atoms with Gasteiger partial charge in [-0.1, -0.05) is 66.7 Å². The van der Waals surface area contributed by atoms with E-state index in [1.165, 1.54) is 20.2 Å². The van der Waals surface area contributed by atoms with E-state index >= 15 is 0 Å². The first kappa shape index (κ1) is 31.7. The summed E-state index contributed by atoms with van der Waals surface area (Å²) in [7, 11) is 0. The number of para-hydroxylation sites is 1. The minimum atomic E-state index is 0.517. The van der Waals surface area contributed by atoms with Crippen LogP contribution in [0.5, 0.6) is 0 Å². The fraction of sp³-hybridized carbons (Fsp3) is 0. The van der Waals surface area contributed by atoms with Gasteiger partial charge in [0.1, 0.15) is 0 Å². The number of pyridine rings is 3. The van der Waals surface area contributed by atoms with Gasteiger partial charge in [0.15, 0.2) is 11.6 Å². The summed E-state index contributed by atoms with van der Waals surface area (Å²) in [6.45, 7) is 0. The third kappa shape index (κ3) is 4.99. The van der Waals surface area contributed by atoms with Crippen molar-refractivity contribution in [3.05, 3.63) is 170 Å². The van der Waals surface area contributed by atoms with Gasteiger partial charge in [0.25, 0.3) is 0 Å². The molecule has 12 rings (SSSR count). The molecule has 0 saturated carbocycles. The van der Waals surface area contributed by atoms with Gasteiger partial charge in [-0.15, -0.1) is 11.3 Å². The van der Waals surface area contributed by atoms with Crippen LogP contribution in [0.15, 0.2) is 170 Å².